The summed E-state index contributed by atoms with van der Waals surface area (Å²) in [6.07, 6.45) is 15.5. The van der Waals surface area contributed by atoms with E-state index in [1.807, 2.05) is 45.0 Å². The molecule has 9 nitrogen and oxygen atoms in total. The number of hydrogen-bond acceptors (Lipinski definition) is 7. The first-order valence-corrected chi connectivity index (χ1v) is 19.3. The number of Topliss-reactive ketones (excluding diaryl/α,β-unsaturated/α-hetero) is 1. The third-order valence-electron chi connectivity index (χ3n) is 9.38. The summed E-state index contributed by atoms with van der Waals surface area (Å²) < 4.78 is 10.9. The second kappa shape index (κ2) is 23.0. The topological polar surface area (TPSA) is 131 Å². The first-order chi connectivity index (χ1) is 24.5. The molecule has 51 heavy (non-hydrogen) atoms. The Bertz CT molecular complexity index is 1320. The first-order valence-electron chi connectivity index (χ1n) is 19.3. The predicted octanol–water partition coefficient (Wildman–Crippen LogP) is 9.11. The molecule has 1 atom stereocenters. The van der Waals surface area contributed by atoms with Crippen molar-refractivity contribution in [2.24, 2.45) is 0 Å². The van der Waals surface area contributed by atoms with E-state index in [2.05, 4.69) is 34.9 Å². The zero-order valence-corrected chi connectivity index (χ0v) is 31.3. The fraction of sp³-hybridized carbons (Fsp3) is 0.619. The minimum Gasteiger partial charge on any atom is -0.480 e. The number of rotatable bonds is 26. The number of carboxylic acids is 1. The van der Waals surface area contributed by atoms with Crippen LogP contribution in [0.2, 0.25) is 0 Å². The highest BCUT2D eigenvalue weighted by Crippen LogP contribution is 2.44. The van der Waals surface area contributed by atoms with Crippen molar-refractivity contribution in [1.82, 2.24) is 10.6 Å². The fourth-order valence-corrected chi connectivity index (χ4v) is 6.70. The molecule has 0 saturated carbocycles. The van der Waals surface area contributed by atoms with Crippen molar-refractivity contribution < 1.29 is 33.8 Å². The van der Waals surface area contributed by atoms with Gasteiger partial charge in [0.15, 0.2) is 0 Å². The van der Waals surface area contributed by atoms with E-state index in [0.29, 0.717) is 38.6 Å². The van der Waals surface area contributed by atoms with Gasteiger partial charge in [-0.05, 0) is 75.1 Å². The Labute approximate surface area is 305 Å². The molecule has 3 rings (SSSR count). The lowest BCUT2D eigenvalue weighted by Crippen LogP contribution is -2.39. The number of unbranched alkanes of at least 4 members (excludes halogenated alkanes) is 12. The fourth-order valence-electron chi connectivity index (χ4n) is 6.70. The number of carbonyl (C=O) groups is 4. The third kappa shape index (κ3) is 16.4. The van der Waals surface area contributed by atoms with Crippen molar-refractivity contribution in [3.8, 4) is 11.1 Å². The lowest BCUT2D eigenvalue weighted by Gasteiger charge is -2.19. The van der Waals surface area contributed by atoms with E-state index in [4.69, 9.17) is 9.47 Å². The van der Waals surface area contributed by atoms with Crippen LogP contribution in [-0.4, -0.2) is 60.3 Å². The van der Waals surface area contributed by atoms with Crippen molar-refractivity contribution in [2.75, 3.05) is 19.7 Å². The number of nitrogens with one attached hydrogen (secondary N) is 2. The van der Waals surface area contributed by atoms with Gasteiger partial charge in [0.1, 0.15) is 24.0 Å². The van der Waals surface area contributed by atoms with Gasteiger partial charge in [-0.15, -0.1) is 0 Å². The van der Waals surface area contributed by atoms with E-state index in [1.165, 1.54) is 56.1 Å². The largest absolute Gasteiger partial charge is 0.480 e. The number of ketones is 1. The number of benzene rings is 2. The zero-order valence-electron chi connectivity index (χ0n) is 31.3. The Morgan fingerprint density at radius 1 is 0.706 bits per heavy atom. The lowest BCUT2D eigenvalue weighted by atomic mass is 9.98. The zero-order chi connectivity index (χ0) is 36.9. The van der Waals surface area contributed by atoms with Crippen LogP contribution >= 0.6 is 0 Å². The third-order valence-corrected chi connectivity index (χ3v) is 9.38. The normalized spacial score (nSPS) is 12.9. The Morgan fingerprint density at radius 2 is 1.22 bits per heavy atom. The maximum Gasteiger partial charge on any atom is 0.407 e. The highest BCUT2D eigenvalue weighted by Gasteiger charge is 2.29. The molecule has 9 heteroatoms. The molecule has 1 aliphatic carbocycles. The Hall–Kier alpha value is -3.72. The molecule has 0 aromatic heterocycles. The molecule has 0 bridgehead atoms. The van der Waals surface area contributed by atoms with Gasteiger partial charge in [0, 0.05) is 25.3 Å². The van der Waals surface area contributed by atoms with Crippen LogP contribution in [0.4, 0.5) is 4.79 Å². The van der Waals surface area contributed by atoms with Crippen molar-refractivity contribution in [1.29, 1.82) is 0 Å². The molecule has 2 aromatic carbocycles. The Balaban J connectivity index is 1.13. The van der Waals surface area contributed by atoms with Gasteiger partial charge in [0.05, 0.1) is 6.54 Å². The van der Waals surface area contributed by atoms with Crippen LogP contribution in [0.1, 0.15) is 147 Å². The molecule has 0 fully saturated rings. The minimum absolute atomic E-state index is 0.000972. The van der Waals surface area contributed by atoms with Gasteiger partial charge in [-0.1, -0.05) is 113 Å². The number of alkyl carbamates (subject to hydrolysis) is 1. The number of aliphatic carboxylic acids is 1. The van der Waals surface area contributed by atoms with E-state index in [1.54, 1.807) is 0 Å². The van der Waals surface area contributed by atoms with E-state index < -0.39 is 23.7 Å². The van der Waals surface area contributed by atoms with Crippen molar-refractivity contribution >= 4 is 23.8 Å². The number of amides is 1. The van der Waals surface area contributed by atoms with Crippen molar-refractivity contribution in [3.63, 3.8) is 0 Å². The summed E-state index contributed by atoms with van der Waals surface area (Å²) in [5.74, 6) is -1.02. The lowest BCUT2D eigenvalue weighted by molar-refractivity contribution is -0.155. The van der Waals surface area contributed by atoms with Gasteiger partial charge in [0.2, 0.25) is 0 Å². The molecule has 0 aliphatic heterocycles. The van der Waals surface area contributed by atoms with Crippen LogP contribution in [0.15, 0.2) is 48.5 Å². The quantitative estimate of drug-likeness (QED) is 0.0652. The van der Waals surface area contributed by atoms with Crippen molar-refractivity contribution in [3.05, 3.63) is 59.7 Å². The van der Waals surface area contributed by atoms with E-state index in [9.17, 15) is 24.3 Å². The van der Waals surface area contributed by atoms with E-state index in [0.717, 1.165) is 43.2 Å². The van der Waals surface area contributed by atoms with E-state index in [-0.39, 0.29) is 30.8 Å². The van der Waals surface area contributed by atoms with Gasteiger partial charge in [-0.3, -0.25) is 19.7 Å². The maximum absolute atomic E-state index is 12.4. The maximum atomic E-state index is 12.4. The van der Waals surface area contributed by atoms with Gasteiger partial charge >= 0.3 is 18.0 Å². The highest BCUT2D eigenvalue weighted by atomic mass is 16.6. The van der Waals surface area contributed by atoms with E-state index >= 15 is 0 Å². The molecule has 0 heterocycles. The Kier molecular flexibility index (Phi) is 18.8. The summed E-state index contributed by atoms with van der Waals surface area (Å²) in [4.78, 5) is 48.2. The average molecular weight is 707 g/mol. The first kappa shape index (κ1) is 41.7. The van der Waals surface area contributed by atoms with Crippen LogP contribution in [-0.2, 0) is 23.9 Å². The Morgan fingerprint density at radius 3 is 1.75 bits per heavy atom. The molecule has 1 aliphatic rings. The number of carbonyl (C=O) groups excluding carboxylic acids is 3. The van der Waals surface area contributed by atoms with Gasteiger partial charge < -0.3 is 19.9 Å². The molecule has 3 N–H and O–H groups in total. The van der Waals surface area contributed by atoms with Gasteiger partial charge in [0.25, 0.3) is 0 Å². The van der Waals surface area contributed by atoms with Crippen LogP contribution < -0.4 is 10.6 Å². The SMILES string of the molecule is CC(C)(C)OC(=O)CCCCCCCCCCCCCCC(=O)CN[C@@H](CCCCNC(=O)OCC1c2ccccc2-c2ccccc21)C(=O)O. The van der Waals surface area contributed by atoms with Gasteiger partial charge in [-0.2, -0.15) is 0 Å². The number of carboxylic acid groups (broad SMARTS) is 1. The molecular formula is C42H62N2O7. The summed E-state index contributed by atoms with van der Waals surface area (Å²) in [5.41, 5.74) is 4.27. The highest BCUT2D eigenvalue weighted by molar-refractivity contribution is 5.82. The van der Waals surface area contributed by atoms with Crippen LogP contribution in [0.25, 0.3) is 11.1 Å². The number of fused-ring (bicyclic) bond motifs is 3. The smallest absolute Gasteiger partial charge is 0.407 e. The van der Waals surface area contributed by atoms with Crippen LogP contribution in [0.3, 0.4) is 0 Å². The predicted molar refractivity (Wildman–Crippen MR) is 202 cm³/mol. The van der Waals surface area contributed by atoms with Crippen LogP contribution in [0, 0.1) is 0 Å². The van der Waals surface area contributed by atoms with Crippen molar-refractivity contribution in [2.45, 2.75) is 147 Å². The molecule has 0 saturated heterocycles. The average Bonchev–Trinajstić information content (AvgIpc) is 3.41. The second-order valence-electron chi connectivity index (χ2n) is 14.9. The van der Waals surface area contributed by atoms with Crippen LogP contribution in [0.5, 0.6) is 0 Å². The molecule has 1 amide bonds. The monoisotopic (exact) mass is 706 g/mol. The second-order valence-corrected chi connectivity index (χ2v) is 14.9. The number of esters is 1. The summed E-state index contributed by atoms with van der Waals surface area (Å²) >= 11 is 0. The molecular weight excluding hydrogens is 644 g/mol. The van der Waals surface area contributed by atoms with Gasteiger partial charge in [-0.25, -0.2) is 4.79 Å². The summed E-state index contributed by atoms with van der Waals surface area (Å²) in [5, 5.41) is 15.3. The summed E-state index contributed by atoms with van der Waals surface area (Å²) in [7, 11) is 0. The standard InChI is InChI=1S/C42H62N2O7/c1-42(2,3)51-39(46)28-15-13-11-9-7-5-4-6-8-10-12-14-22-32(45)30-44-38(40(47)48)27-20-21-29-43-41(49)50-31-37-35-25-18-16-23-33(35)34-24-17-19-26-36(34)37/h16-19,23-26,37-38,44H,4-15,20-22,27-31H2,1-3H3,(H,43,49)(H,47,48)/t38-/m0/s1. The number of ether oxygens (including phenoxy) is 2. The molecule has 0 unspecified atom stereocenters. The molecule has 0 spiro atoms. The molecule has 282 valence electrons. The summed E-state index contributed by atoms with van der Waals surface area (Å²) in [6, 6.07) is 15.6. The molecule has 0 radical (unpaired) electrons. The number of hydrogen-bond donors (Lipinski definition) is 3. The minimum atomic E-state index is -0.967. The summed E-state index contributed by atoms with van der Waals surface area (Å²) in [6.45, 7) is 6.40. The molecule has 2 aromatic rings.